The zero-order valence-electron chi connectivity index (χ0n) is 15.6. The molecule has 4 aliphatic rings. The Hall–Kier alpha value is -0.120. The minimum Gasteiger partial charge on any atom is -0.393 e. The molecule has 10 atom stereocenters. The van der Waals surface area contributed by atoms with E-state index in [4.69, 9.17) is 0 Å². The zero-order valence-corrected chi connectivity index (χ0v) is 15.6. The Labute approximate surface area is 146 Å². The fraction of sp³-hybridized carbons (Fsp3) is 1.00. The third-order valence-electron chi connectivity index (χ3n) is 9.31. The lowest BCUT2D eigenvalue weighted by atomic mass is 9.44. The predicted octanol–water partition coefficient (Wildman–Crippen LogP) is 3.36. The quantitative estimate of drug-likeness (QED) is 0.688. The van der Waals surface area contributed by atoms with Gasteiger partial charge in [0.2, 0.25) is 0 Å². The van der Waals surface area contributed by atoms with E-state index in [0.717, 1.165) is 32.1 Å². The third-order valence-corrected chi connectivity index (χ3v) is 9.31. The van der Waals surface area contributed by atoms with Crippen LogP contribution in [0.2, 0.25) is 0 Å². The van der Waals surface area contributed by atoms with E-state index in [2.05, 4.69) is 13.8 Å². The Bertz CT molecular complexity index is 491. The van der Waals surface area contributed by atoms with Crippen molar-refractivity contribution in [3.05, 3.63) is 0 Å². The molecule has 24 heavy (non-hydrogen) atoms. The van der Waals surface area contributed by atoms with Crippen molar-refractivity contribution in [3.63, 3.8) is 0 Å². The first kappa shape index (κ1) is 17.3. The highest BCUT2D eigenvalue weighted by Crippen LogP contribution is 2.67. The topological polar surface area (TPSA) is 60.7 Å². The Balaban J connectivity index is 1.64. The van der Waals surface area contributed by atoms with Crippen LogP contribution in [-0.2, 0) is 0 Å². The molecular formula is C21H36O3. The van der Waals surface area contributed by atoms with Crippen LogP contribution in [0.3, 0.4) is 0 Å². The number of aliphatic hydroxyl groups is 3. The van der Waals surface area contributed by atoms with E-state index >= 15 is 0 Å². The molecule has 4 aliphatic carbocycles. The maximum absolute atomic E-state index is 10.9. The second-order valence-corrected chi connectivity index (χ2v) is 10.2. The number of rotatable bonds is 1. The largest absolute Gasteiger partial charge is 0.393 e. The number of aliphatic hydroxyl groups excluding tert-OH is 3. The summed E-state index contributed by atoms with van der Waals surface area (Å²) in [6.07, 6.45) is 7.86. The van der Waals surface area contributed by atoms with Crippen molar-refractivity contribution in [3.8, 4) is 0 Å². The SMILES string of the molecule is CC(O)[C@H]1CC[C@H]2[C@@H]3C[C@H](O)[C@@H]4C[C@@H](O)CC[C@]4(C)[C@H]3CC[C@]12C. The van der Waals surface area contributed by atoms with Crippen molar-refractivity contribution in [1.29, 1.82) is 0 Å². The van der Waals surface area contributed by atoms with E-state index in [9.17, 15) is 15.3 Å². The molecule has 0 saturated heterocycles. The highest BCUT2D eigenvalue weighted by Gasteiger charge is 2.62. The maximum atomic E-state index is 10.9. The van der Waals surface area contributed by atoms with Gasteiger partial charge in [0, 0.05) is 0 Å². The fourth-order valence-corrected chi connectivity index (χ4v) is 8.11. The van der Waals surface area contributed by atoms with Gasteiger partial charge in [-0.2, -0.15) is 0 Å². The van der Waals surface area contributed by atoms with Gasteiger partial charge in [0.05, 0.1) is 18.3 Å². The molecule has 0 radical (unpaired) electrons. The molecule has 4 saturated carbocycles. The number of hydrogen-bond acceptors (Lipinski definition) is 3. The summed E-state index contributed by atoms with van der Waals surface area (Å²) < 4.78 is 0. The molecule has 1 unspecified atom stereocenters. The summed E-state index contributed by atoms with van der Waals surface area (Å²) in [5.74, 6) is 2.68. The molecule has 0 bridgehead atoms. The van der Waals surface area contributed by atoms with Crippen molar-refractivity contribution in [2.75, 3.05) is 0 Å². The molecule has 4 fully saturated rings. The van der Waals surface area contributed by atoms with E-state index in [1.54, 1.807) is 0 Å². The summed E-state index contributed by atoms with van der Waals surface area (Å²) in [5, 5.41) is 31.4. The van der Waals surface area contributed by atoms with Gasteiger partial charge < -0.3 is 15.3 Å². The molecular weight excluding hydrogens is 300 g/mol. The van der Waals surface area contributed by atoms with E-state index in [-0.39, 0.29) is 35.1 Å². The number of hydrogen-bond donors (Lipinski definition) is 3. The van der Waals surface area contributed by atoms with Crippen LogP contribution in [0.4, 0.5) is 0 Å². The lowest BCUT2D eigenvalue weighted by Crippen LogP contribution is -2.58. The Morgan fingerprint density at radius 3 is 2.21 bits per heavy atom. The molecule has 3 N–H and O–H groups in total. The lowest BCUT2D eigenvalue weighted by molar-refractivity contribution is -0.173. The van der Waals surface area contributed by atoms with Gasteiger partial charge in [0.1, 0.15) is 0 Å². The van der Waals surface area contributed by atoms with E-state index in [0.29, 0.717) is 23.7 Å². The van der Waals surface area contributed by atoms with E-state index < -0.39 is 0 Å². The summed E-state index contributed by atoms with van der Waals surface area (Å²) in [5.41, 5.74) is 0.457. The normalized spacial score (nSPS) is 58.5. The van der Waals surface area contributed by atoms with Gasteiger partial charge in [-0.25, -0.2) is 0 Å². The van der Waals surface area contributed by atoms with Gasteiger partial charge in [0.25, 0.3) is 0 Å². The van der Waals surface area contributed by atoms with E-state index in [1.807, 2.05) is 6.92 Å². The van der Waals surface area contributed by atoms with Crippen LogP contribution in [0.5, 0.6) is 0 Å². The Morgan fingerprint density at radius 2 is 1.50 bits per heavy atom. The van der Waals surface area contributed by atoms with Crippen LogP contribution >= 0.6 is 0 Å². The Morgan fingerprint density at radius 1 is 0.833 bits per heavy atom. The summed E-state index contributed by atoms with van der Waals surface area (Å²) in [4.78, 5) is 0. The first-order valence-corrected chi connectivity index (χ1v) is 10.3. The van der Waals surface area contributed by atoms with Crippen molar-refractivity contribution in [2.45, 2.75) is 90.4 Å². The standard InChI is InChI=1S/C21H36O3/c1-12(22)15-4-5-16-14-11-19(24)18-10-13(23)6-8-21(18,3)17(14)7-9-20(15,16)2/h12-19,22-24H,4-11H2,1-3H3/t12?,13-,14-,15+,16-,17-,18-,19-,20+,21+/m0/s1. The molecule has 0 aromatic rings. The lowest BCUT2D eigenvalue weighted by Gasteiger charge is -2.62. The van der Waals surface area contributed by atoms with Crippen molar-refractivity contribution in [1.82, 2.24) is 0 Å². The molecule has 3 nitrogen and oxygen atoms in total. The first-order chi connectivity index (χ1) is 11.3. The highest BCUT2D eigenvalue weighted by atomic mass is 16.3. The summed E-state index contributed by atoms with van der Waals surface area (Å²) in [6.45, 7) is 6.80. The molecule has 0 aromatic carbocycles. The smallest absolute Gasteiger partial charge is 0.0577 e. The van der Waals surface area contributed by atoms with Gasteiger partial charge in [-0.15, -0.1) is 0 Å². The van der Waals surface area contributed by atoms with Crippen molar-refractivity contribution in [2.24, 2.45) is 40.4 Å². The average Bonchev–Trinajstić information content (AvgIpc) is 2.87. The summed E-state index contributed by atoms with van der Waals surface area (Å²) >= 11 is 0. The van der Waals surface area contributed by atoms with Crippen LogP contribution in [0.1, 0.15) is 72.1 Å². The minimum atomic E-state index is -0.251. The second kappa shape index (κ2) is 5.69. The van der Waals surface area contributed by atoms with Crippen molar-refractivity contribution >= 4 is 0 Å². The van der Waals surface area contributed by atoms with Crippen LogP contribution in [0, 0.1) is 40.4 Å². The predicted molar refractivity (Wildman–Crippen MR) is 94.3 cm³/mol. The molecule has 0 aromatic heterocycles. The molecule has 0 heterocycles. The molecule has 0 amide bonds. The van der Waals surface area contributed by atoms with Gasteiger partial charge in [-0.3, -0.25) is 0 Å². The molecule has 0 aliphatic heterocycles. The molecule has 3 heteroatoms. The second-order valence-electron chi connectivity index (χ2n) is 10.2. The van der Waals surface area contributed by atoms with Gasteiger partial charge in [-0.1, -0.05) is 13.8 Å². The van der Waals surface area contributed by atoms with Crippen LogP contribution in [0.15, 0.2) is 0 Å². The van der Waals surface area contributed by atoms with Crippen LogP contribution in [-0.4, -0.2) is 33.6 Å². The fourth-order valence-electron chi connectivity index (χ4n) is 8.11. The molecule has 0 spiro atoms. The van der Waals surface area contributed by atoms with Crippen LogP contribution < -0.4 is 0 Å². The van der Waals surface area contributed by atoms with Crippen LogP contribution in [0.25, 0.3) is 0 Å². The zero-order chi connectivity index (χ0) is 17.3. The molecule has 138 valence electrons. The maximum Gasteiger partial charge on any atom is 0.0577 e. The monoisotopic (exact) mass is 336 g/mol. The van der Waals surface area contributed by atoms with Gasteiger partial charge in [-0.05, 0) is 98.7 Å². The molecule has 4 rings (SSSR count). The summed E-state index contributed by atoms with van der Waals surface area (Å²) in [7, 11) is 0. The first-order valence-electron chi connectivity index (χ1n) is 10.3. The average molecular weight is 337 g/mol. The highest BCUT2D eigenvalue weighted by molar-refractivity contribution is 5.11. The van der Waals surface area contributed by atoms with E-state index in [1.165, 1.54) is 19.3 Å². The third kappa shape index (κ3) is 2.27. The Kier molecular flexibility index (Phi) is 4.10. The van der Waals surface area contributed by atoms with Gasteiger partial charge in [0.15, 0.2) is 0 Å². The summed E-state index contributed by atoms with van der Waals surface area (Å²) in [6, 6.07) is 0. The number of fused-ring (bicyclic) bond motifs is 5. The van der Waals surface area contributed by atoms with Crippen molar-refractivity contribution < 1.29 is 15.3 Å². The minimum absolute atomic E-state index is 0.200. The van der Waals surface area contributed by atoms with Gasteiger partial charge >= 0.3 is 0 Å².